The number of esters is 1. The highest BCUT2D eigenvalue weighted by Gasteiger charge is 2.27. The molecule has 0 aromatic carbocycles. The van der Waals surface area contributed by atoms with Crippen LogP contribution in [0.3, 0.4) is 0 Å². The Bertz CT molecular complexity index is 450. The van der Waals surface area contributed by atoms with E-state index in [2.05, 4.69) is 27.7 Å². The second-order valence-electron chi connectivity index (χ2n) is 6.40. The van der Waals surface area contributed by atoms with Gasteiger partial charge in [-0.05, 0) is 37.8 Å². The summed E-state index contributed by atoms with van der Waals surface area (Å²) in [5.74, 6) is 1.67. The van der Waals surface area contributed by atoms with Crippen molar-refractivity contribution < 1.29 is 19.0 Å². The monoisotopic (exact) mass is 280 g/mol. The molecule has 0 bridgehead atoms. The van der Waals surface area contributed by atoms with Crippen LogP contribution in [0.2, 0.25) is 0 Å². The quantitative estimate of drug-likeness (QED) is 0.643. The predicted octanol–water partition coefficient (Wildman–Crippen LogP) is 2.91. The Kier molecular flexibility index (Phi) is 5.46. The van der Waals surface area contributed by atoms with E-state index in [0.717, 1.165) is 5.76 Å². The van der Waals surface area contributed by atoms with E-state index in [9.17, 15) is 4.79 Å². The summed E-state index contributed by atoms with van der Waals surface area (Å²) in [5, 5.41) is 9.11. The number of carbonyl (C=O) groups is 1. The molecule has 0 spiro atoms. The van der Waals surface area contributed by atoms with Gasteiger partial charge in [-0.25, -0.2) is 4.79 Å². The van der Waals surface area contributed by atoms with Gasteiger partial charge < -0.3 is 14.2 Å². The van der Waals surface area contributed by atoms with E-state index in [1.807, 2.05) is 6.07 Å². The molecule has 1 N–H and O–H groups in total. The van der Waals surface area contributed by atoms with E-state index in [1.54, 1.807) is 19.9 Å². The van der Waals surface area contributed by atoms with Crippen LogP contribution < -0.4 is 0 Å². The zero-order chi connectivity index (χ0) is 15.5. The molecule has 1 heterocycles. The number of ether oxygens (including phenoxy) is 1. The molecule has 1 aromatic heterocycles. The van der Waals surface area contributed by atoms with Crippen molar-refractivity contribution in [3.8, 4) is 0 Å². The fourth-order valence-corrected chi connectivity index (χ4v) is 1.88. The minimum Gasteiger partial charge on any atom is -0.460 e. The van der Waals surface area contributed by atoms with E-state index in [1.165, 1.54) is 0 Å². The van der Waals surface area contributed by atoms with E-state index >= 15 is 0 Å². The number of hydrogen-bond acceptors (Lipinski definition) is 4. The van der Waals surface area contributed by atoms with Crippen molar-refractivity contribution in [2.75, 3.05) is 0 Å². The Labute approximate surface area is 121 Å². The molecular formula is C15H25BO4. The zero-order valence-electron chi connectivity index (χ0n) is 13.3. The van der Waals surface area contributed by atoms with Crippen LogP contribution in [0.25, 0.3) is 0 Å². The number of carbonyl (C=O) groups excluding carboxylic acids is 1. The van der Waals surface area contributed by atoms with Gasteiger partial charge in [0.2, 0.25) is 5.76 Å². The summed E-state index contributed by atoms with van der Waals surface area (Å²) in [7, 11) is -0.229. The molecule has 0 aliphatic heterocycles. The molecule has 1 aromatic rings. The first-order valence-electron chi connectivity index (χ1n) is 7.12. The van der Waals surface area contributed by atoms with Crippen molar-refractivity contribution in [1.82, 2.24) is 0 Å². The van der Waals surface area contributed by atoms with Gasteiger partial charge in [0, 0.05) is 5.92 Å². The Hall–Kier alpha value is -1.23. The molecule has 0 aliphatic carbocycles. The van der Waals surface area contributed by atoms with Crippen molar-refractivity contribution in [1.29, 1.82) is 0 Å². The van der Waals surface area contributed by atoms with Gasteiger partial charge >= 0.3 is 13.5 Å². The lowest BCUT2D eigenvalue weighted by Crippen LogP contribution is -2.34. The second-order valence-corrected chi connectivity index (χ2v) is 6.40. The Balaban J connectivity index is 2.79. The van der Waals surface area contributed by atoms with Gasteiger partial charge in [0.05, 0.1) is 0 Å². The third-order valence-corrected chi connectivity index (χ3v) is 3.87. The van der Waals surface area contributed by atoms with Crippen LogP contribution in [0.5, 0.6) is 0 Å². The fourth-order valence-electron chi connectivity index (χ4n) is 1.88. The van der Waals surface area contributed by atoms with Crippen LogP contribution in [-0.2, 0) is 4.74 Å². The van der Waals surface area contributed by atoms with Gasteiger partial charge in [-0.1, -0.05) is 27.7 Å². The van der Waals surface area contributed by atoms with E-state index in [-0.39, 0.29) is 19.2 Å². The summed E-state index contributed by atoms with van der Waals surface area (Å²) in [5.41, 5.74) is -0.902. The lowest BCUT2D eigenvalue weighted by Gasteiger charge is -2.22. The predicted molar refractivity (Wildman–Crippen MR) is 80.0 cm³/mol. The molecule has 2 atom stereocenters. The van der Waals surface area contributed by atoms with E-state index < -0.39 is 11.5 Å². The summed E-state index contributed by atoms with van der Waals surface area (Å²) in [6.07, 6.45) is 0. The molecule has 0 amide bonds. The normalized spacial score (nSPS) is 15.0. The van der Waals surface area contributed by atoms with Crippen LogP contribution >= 0.6 is 0 Å². The van der Waals surface area contributed by atoms with Crippen LogP contribution in [0.1, 0.15) is 63.8 Å². The Morgan fingerprint density at radius 1 is 1.30 bits per heavy atom. The molecule has 1 rings (SSSR count). The van der Waals surface area contributed by atoms with E-state index in [4.69, 9.17) is 14.2 Å². The molecule has 5 heteroatoms. The minimum absolute atomic E-state index is 0.185. The lowest BCUT2D eigenvalue weighted by atomic mass is 9.78. The molecule has 2 unspecified atom stereocenters. The molecule has 0 saturated carbocycles. The van der Waals surface area contributed by atoms with Crippen LogP contribution in [0.15, 0.2) is 16.5 Å². The van der Waals surface area contributed by atoms with Gasteiger partial charge in [0.1, 0.15) is 11.3 Å². The maximum atomic E-state index is 11.9. The molecule has 0 fully saturated rings. The number of furan rings is 1. The molecule has 112 valence electrons. The lowest BCUT2D eigenvalue weighted by molar-refractivity contribution is 0.0199. The van der Waals surface area contributed by atoms with Gasteiger partial charge in [0.25, 0.3) is 0 Å². The molecule has 0 radical (unpaired) electrons. The standard InChI is InChI=1S/C15H25BO4/c1-9(2)10(3)11(4)12-7-8-13(19-12)14(17)20-15(5,6)16-18/h7-11,16,18H,1-6H3. The fraction of sp³-hybridized carbons (Fsp3) is 0.667. The first-order chi connectivity index (χ1) is 9.18. The smallest absolute Gasteiger partial charge is 0.374 e. The summed E-state index contributed by atoms with van der Waals surface area (Å²) < 4.78 is 10.8. The molecule has 20 heavy (non-hydrogen) atoms. The Morgan fingerprint density at radius 2 is 1.90 bits per heavy atom. The SMILES string of the molecule is CC(C)C(C)C(C)c1ccc(C(=O)OC(C)(C)BO)o1. The maximum Gasteiger partial charge on any atom is 0.374 e. The van der Waals surface area contributed by atoms with Crippen molar-refractivity contribution in [3.63, 3.8) is 0 Å². The van der Waals surface area contributed by atoms with Gasteiger partial charge in [-0.3, -0.25) is 0 Å². The molecule has 4 nitrogen and oxygen atoms in total. The highest BCUT2D eigenvalue weighted by atomic mass is 16.6. The van der Waals surface area contributed by atoms with Crippen LogP contribution in [0, 0.1) is 11.8 Å². The summed E-state index contributed by atoms with van der Waals surface area (Å²) >= 11 is 0. The third kappa shape index (κ3) is 4.13. The topological polar surface area (TPSA) is 59.7 Å². The third-order valence-electron chi connectivity index (χ3n) is 3.87. The van der Waals surface area contributed by atoms with Crippen LogP contribution in [0.4, 0.5) is 0 Å². The zero-order valence-corrected chi connectivity index (χ0v) is 13.3. The number of hydrogen-bond donors (Lipinski definition) is 1. The Morgan fingerprint density at radius 3 is 2.40 bits per heavy atom. The average molecular weight is 280 g/mol. The molecule has 0 saturated heterocycles. The largest absolute Gasteiger partial charge is 0.460 e. The minimum atomic E-state index is -0.902. The van der Waals surface area contributed by atoms with Gasteiger partial charge in [-0.2, -0.15) is 0 Å². The van der Waals surface area contributed by atoms with Crippen molar-refractivity contribution in [2.24, 2.45) is 11.8 Å². The highest BCUT2D eigenvalue weighted by molar-refractivity contribution is 6.30. The van der Waals surface area contributed by atoms with E-state index in [0.29, 0.717) is 11.8 Å². The summed E-state index contributed by atoms with van der Waals surface area (Å²) in [6, 6.07) is 3.46. The first kappa shape index (κ1) is 16.8. The van der Waals surface area contributed by atoms with Crippen LogP contribution in [-0.4, -0.2) is 24.0 Å². The molecule has 0 aliphatic rings. The van der Waals surface area contributed by atoms with Crippen molar-refractivity contribution in [2.45, 2.75) is 53.0 Å². The van der Waals surface area contributed by atoms with Gasteiger partial charge in [0.15, 0.2) is 0 Å². The summed E-state index contributed by atoms with van der Waals surface area (Å²) in [4.78, 5) is 11.9. The highest BCUT2D eigenvalue weighted by Crippen LogP contribution is 2.30. The van der Waals surface area contributed by atoms with Crippen molar-refractivity contribution in [3.05, 3.63) is 23.7 Å². The first-order valence-corrected chi connectivity index (χ1v) is 7.12. The van der Waals surface area contributed by atoms with Gasteiger partial charge in [-0.15, -0.1) is 0 Å². The second kappa shape index (κ2) is 6.48. The maximum absolute atomic E-state index is 11.9. The van der Waals surface area contributed by atoms with Crippen molar-refractivity contribution >= 4 is 13.5 Å². The summed E-state index contributed by atoms with van der Waals surface area (Å²) in [6.45, 7) is 11.9. The number of rotatable bonds is 6. The molecular weight excluding hydrogens is 255 g/mol. The average Bonchev–Trinajstić information content (AvgIpc) is 2.86.